The first-order valence-corrected chi connectivity index (χ1v) is 13.0. The third-order valence-electron chi connectivity index (χ3n) is 15.1. The van der Waals surface area contributed by atoms with Crippen molar-refractivity contribution >= 4 is 0 Å². The molecule has 10 aliphatic rings. The zero-order valence-electron chi connectivity index (χ0n) is 9.10. The minimum absolute atomic E-state index is 0.0591. The summed E-state index contributed by atoms with van der Waals surface area (Å²) in [6.45, 7) is -3.80. The fraction of sp³-hybridized carbons (Fsp3) is 1.00. The Labute approximate surface area is 87.6 Å². The summed E-state index contributed by atoms with van der Waals surface area (Å²) < 4.78 is 12.3. The first kappa shape index (κ1) is 6.69. The fourth-order valence-corrected chi connectivity index (χ4v) is 90.0. The summed E-state index contributed by atoms with van der Waals surface area (Å²) in [5.74, 6) is 0. The number of rotatable bonds is 4. The molecule has 10 fully saturated rings. The van der Waals surface area contributed by atoms with E-state index in [0.29, 0.717) is 0 Å². The minimum atomic E-state index is -3.56. The molecule has 0 aliphatic carbocycles. The van der Waals surface area contributed by atoms with Crippen LogP contribution < -0.4 is 0 Å². The SMILES string of the molecule is OCO[C]12[CH]3[CH]4[CH]5[C]1(OCO)[Fe]43521678[CH]2[CH]1[CH]6[CH]7[CH]28. The first-order valence-electron chi connectivity index (χ1n) is 6.77. The van der Waals surface area contributed by atoms with Crippen molar-refractivity contribution in [3.63, 3.8) is 0 Å². The van der Waals surface area contributed by atoms with E-state index >= 15 is 0 Å². The Morgan fingerprint density at radius 2 is 1.18 bits per heavy atom. The Hall–Kier alpha value is 0.359. The Bertz CT molecular complexity index is 887. The van der Waals surface area contributed by atoms with E-state index in [-0.39, 0.29) is 22.6 Å². The van der Waals surface area contributed by atoms with Crippen molar-refractivity contribution in [2.75, 3.05) is 13.6 Å². The van der Waals surface area contributed by atoms with E-state index in [4.69, 9.17) is 9.47 Å². The molecular weight excluding hydrogens is 264 g/mol. The number of aliphatic hydroxyl groups is 2. The van der Waals surface area contributed by atoms with Crippen LogP contribution in [0.15, 0.2) is 0 Å². The standard InChI is InChI=1S/C7H9O4.C5H5.Fe/c8-4-10-6-2-1-3-7(6)11-5-9;1-2-4-5-3-1;/h1-3,8-9H,4-5H2;1-5H;. The van der Waals surface area contributed by atoms with Gasteiger partial charge in [0.25, 0.3) is 0 Å². The molecule has 4 atom stereocenters. The Morgan fingerprint density at radius 3 is 1.41 bits per heavy atom. The second-order valence-corrected chi connectivity index (χ2v) is 33.3. The van der Waals surface area contributed by atoms with Crippen molar-refractivity contribution in [2.45, 2.75) is 47.5 Å². The van der Waals surface area contributed by atoms with Gasteiger partial charge in [-0.05, 0) is 0 Å². The van der Waals surface area contributed by atoms with Crippen LogP contribution in [-0.4, -0.2) is 32.8 Å². The molecule has 94 valence electrons. The molecule has 0 aromatic rings. The van der Waals surface area contributed by atoms with Gasteiger partial charge in [-0.25, -0.2) is 0 Å². The van der Waals surface area contributed by atoms with Crippen LogP contribution in [0.1, 0.15) is 0 Å². The zero-order valence-corrected chi connectivity index (χ0v) is 10.2. The third kappa shape index (κ3) is 0.0609. The fourth-order valence-electron chi connectivity index (χ4n) is 17.1. The molecule has 4 nitrogen and oxygen atoms in total. The molecule has 10 heterocycles. The van der Waals surface area contributed by atoms with Crippen LogP contribution in [0, 0.1) is 0 Å². The maximum atomic E-state index is 9.37. The van der Waals surface area contributed by atoms with Gasteiger partial charge in [-0.1, -0.05) is 0 Å². The van der Waals surface area contributed by atoms with Crippen molar-refractivity contribution < 1.29 is 26.2 Å². The van der Waals surface area contributed by atoms with E-state index in [1.165, 1.54) is 0 Å². The van der Waals surface area contributed by atoms with Gasteiger partial charge in [0.05, 0.1) is 0 Å². The van der Waals surface area contributed by atoms with E-state index in [1.54, 1.807) is 0 Å². The van der Waals surface area contributed by atoms with Crippen molar-refractivity contribution in [3.8, 4) is 0 Å². The summed E-state index contributed by atoms with van der Waals surface area (Å²) in [6, 6.07) is 0. The molecule has 4 unspecified atom stereocenters. The Balaban J connectivity index is 1.64. The van der Waals surface area contributed by atoms with Crippen molar-refractivity contribution in [1.29, 1.82) is 0 Å². The molecule has 0 bridgehead atoms. The second-order valence-electron chi connectivity index (χ2n) is 10.2. The van der Waals surface area contributed by atoms with Crippen molar-refractivity contribution in [2.24, 2.45) is 0 Å². The summed E-state index contributed by atoms with van der Waals surface area (Å²) in [5.41, 5.74) is 0. The predicted molar refractivity (Wildman–Crippen MR) is 51.8 cm³/mol. The Morgan fingerprint density at radius 1 is 0.765 bits per heavy atom. The number of fused-ring (bicyclic) bond motifs is 10. The Kier molecular flexibility index (Phi) is 0.208. The summed E-state index contributed by atoms with van der Waals surface area (Å²) in [6.07, 6.45) is 0. The van der Waals surface area contributed by atoms with Crippen molar-refractivity contribution in [3.05, 3.63) is 0 Å². The molecule has 0 radical (unpaired) electrons. The molecule has 2 N–H and O–H groups in total. The van der Waals surface area contributed by atoms with Gasteiger partial charge < -0.3 is 0 Å². The van der Waals surface area contributed by atoms with E-state index < -0.39 is 6.51 Å². The van der Waals surface area contributed by atoms with E-state index in [2.05, 4.69) is 0 Å². The van der Waals surface area contributed by atoms with Crippen LogP contribution in [0.5, 0.6) is 0 Å². The molecule has 5 heteroatoms. The van der Waals surface area contributed by atoms with Crippen LogP contribution in [-0.2, 0) is 16.0 Å². The number of ether oxygens (including phenoxy) is 2. The van der Waals surface area contributed by atoms with Crippen molar-refractivity contribution in [1.82, 2.24) is 0 Å². The van der Waals surface area contributed by atoms with Gasteiger partial charge in [0.1, 0.15) is 0 Å². The average Bonchev–Trinajstić information content (AvgIpc) is 3.24. The van der Waals surface area contributed by atoms with Crippen LogP contribution in [0.2, 0.25) is 38.5 Å². The average molecular weight is 278 g/mol. The van der Waals surface area contributed by atoms with Gasteiger partial charge in [-0.3, -0.25) is 0 Å². The van der Waals surface area contributed by atoms with Crippen LogP contribution in [0.4, 0.5) is 0 Å². The molecule has 1 spiro atoms. The monoisotopic (exact) mass is 278 g/mol. The molecule has 0 aromatic carbocycles. The van der Waals surface area contributed by atoms with Gasteiger partial charge in [0, 0.05) is 0 Å². The molecule has 10 saturated heterocycles. The molecule has 0 amide bonds. The molecule has 10 aliphatic heterocycles. The quantitative estimate of drug-likeness (QED) is 0.597. The first-order chi connectivity index (χ1) is 8.06. The zero-order chi connectivity index (χ0) is 10.8. The van der Waals surface area contributed by atoms with Gasteiger partial charge in [0.15, 0.2) is 0 Å². The van der Waals surface area contributed by atoms with Crippen LogP contribution >= 0.6 is 0 Å². The molecule has 17 heavy (non-hydrogen) atoms. The van der Waals surface area contributed by atoms with Gasteiger partial charge >= 0.3 is 87.3 Å². The summed E-state index contributed by atoms with van der Waals surface area (Å²) in [4.78, 5) is 8.22. The molecule has 10 rings (SSSR count). The molecule has 0 aromatic heterocycles. The summed E-state index contributed by atoms with van der Waals surface area (Å²) in [7, 11) is 0. The van der Waals surface area contributed by atoms with E-state index in [0.717, 1.165) is 38.5 Å². The van der Waals surface area contributed by atoms with Gasteiger partial charge in [-0.15, -0.1) is 0 Å². The van der Waals surface area contributed by atoms with Gasteiger partial charge in [0.2, 0.25) is 0 Å². The van der Waals surface area contributed by atoms with E-state index in [1.807, 2.05) is 0 Å². The number of hydrogen-bond donors (Lipinski definition) is 2. The number of aliphatic hydroxyl groups excluding tert-OH is 2. The second kappa shape index (κ2) is 0.530. The summed E-state index contributed by atoms with van der Waals surface area (Å²) in [5, 5.41) is 18.7. The van der Waals surface area contributed by atoms with Crippen LogP contribution in [0.3, 0.4) is 0 Å². The van der Waals surface area contributed by atoms with E-state index in [9.17, 15) is 10.2 Å². The molecule has 0 saturated carbocycles. The van der Waals surface area contributed by atoms with Crippen LogP contribution in [0.25, 0.3) is 0 Å². The normalized spacial score (nSPS) is 124. The third-order valence-corrected chi connectivity index (χ3v) is 57.0. The maximum absolute atomic E-state index is 9.37. The number of hydrogen-bond acceptors (Lipinski definition) is 4. The van der Waals surface area contributed by atoms with Gasteiger partial charge in [-0.2, -0.15) is 0 Å². The molecular formula is C12H14FeO4. The summed E-state index contributed by atoms with van der Waals surface area (Å²) >= 11 is 0. The predicted octanol–water partition coefficient (Wildman–Crippen LogP) is 1.12. The topological polar surface area (TPSA) is 58.9 Å².